The third-order valence-electron chi connectivity index (χ3n) is 10.6. The van der Waals surface area contributed by atoms with Crippen molar-refractivity contribution in [1.82, 2.24) is 9.80 Å². The third-order valence-corrected chi connectivity index (χ3v) is 10.9. The first kappa shape index (κ1) is 27.5. The number of hydrogen-bond donors (Lipinski definition) is 2. The zero-order valence-corrected chi connectivity index (χ0v) is 24.0. The molecule has 1 saturated heterocycles. The molecule has 6 nitrogen and oxygen atoms in total. The summed E-state index contributed by atoms with van der Waals surface area (Å²) in [5, 5.41) is 22.4. The summed E-state index contributed by atoms with van der Waals surface area (Å²) in [7, 11) is 0. The second-order valence-electron chi connectivity index (χ2n) is 13.0. The Labute approximate surface area is 241 Å². The number of nitriles is 1. The van der Waals surface area contributed by atoms with Crippen molar-refractivity contribution in [2.24, 2.45) is 23.2 Å². The number of nitrogens with zero attached hydrogens (tertiary/aromatic N) is 3. The van der Waals surface area contributed by atoms with Gasteiger partial charge in [-0.25, -0.2) is 9.18 Å². The zero-order chi connectivity index (χ0) is 28.2. The number of likely N-dealkylation sites (tertiary alicyclic amines) is 1. The molecule has 0 spiro atoms. The van der Waals surface area contributed by atoms with E-state index in [0.717, 1.165) is 45.2 Å². The smallest absolute Gasteiger partial charge is 0.322 e. The lowest BCUT2D eigenvalue weighted by Crippen LogP contribution is -2.47. The fourth-order valence-corrected chi connectivity index (χ4v) is 8.39. The van der Waals surface area contributed by atoms with Crippen LogP contribution in [0.25, 0.3) is 0 Å². The molecular weight excluding hydrogens is 527 g/mol. The maximum Gasteiger partial charge on any atom is 0.322 e. The number of piperidine rings is 1. The van der Waals surface area contributed by atoms with E-state index in [-0.39, 0.29) is 35.2 Å². The van der Waals surface area contributed by atoms with Gasteiger partial charge in [-0.2, -0.15) is 5.26 Å². The van der Waals surface area contributed by atoms with Crippen LogP contribution in [0.1, 0.15) is 57.1 Å². The molecule has 2 aromatic rings. The second kappa shape index (κ2) is 10.3. The minimum absolute atomic E-state index is 0.0186. The Morgan fingerprint density at radius 1 is 1.30 bits per heavy atom. The van der Waals surface area contributed by atoms with Crippen molar-refractivity contribution in [3.05, 3.63) is 64.4 Å². The van der Waals surface area contributed by atoms with Gasteiger partial charge in [0, 0.05) is 37.4 Å². The molecule has 2 aromatic carbocycles. The number of urea groups is 1. The molecule has 0 radical (unpaired) electrons. The van der Waals surface area contributed by atoms with Crippen molar-refractivity contribution < 1.29 is 14.3 Å². The summed E-state index contributed by atoms with van der Waals surface area (Å²) in [5.74, 6) is 1.18. The molecule has 40 heavy (non-hydrogen) atoms. The Morgan fingerprint density at radius 2 is 2.12 bits per heavy atom. The van der Waals surface area contributed by atoms with Gasteiger partial charge in [0.1, 0.15) is 5.82 Å². The van der Waals surface area contributed by atoms with Gasteiger partial charge >= 0.3 is 6.03 Å². The maximum absolute atomic E-state index is 13.7. The van der Waals surface area contributed by atoms with Crippen LogP contribution in [0.2, 0.25) is 5.02 Å². The molecule has 2 amide bonds. The number of halogens is 2. The number of aliphatic hydroxyl groups is 1. The number of nitrogens with one attached hydrogen (secondary N) is 1. The van der Waals surface area contributed by atoms with Crippen LogP contribution in [-0.2, 0) is 5.41 Å². The summed E-state index contributed by atoms with van der Waals surface area (Å²) < 4.78 is 13.7. The summed E-state index contributed by atoms with van der Waals surface area (Å²) in [6.07, 6.45) is 4.72. The number of carbonyl (C=O) groups is 1. The average molecular weight is 565 g/mol. The highest BCUT2D eigenvalue weighted by molar-refractivity contribution is 6.31. The standard InChI is InChI=1S/C32H38ClFN4O2/c1-31(2)25-18-37(28(19-39)29(25)31)11-4-12-38(30(40)36-23-7-8-27(34)26(33)15-23)24-9-10-32(16-22(32)14-24)21-6-3-5-20(13-21)17-35/h3,5-8,13,15,22,24-25,28-29,39H,4,9-12,14,16,18-19H2,1-2H3,(H,36,40)/t22?,24-,25+,28-,29+,32-/m1/s1. The van der Waals surface area contributed by atoms with Crippen LogP contribution in [-0.4, -0.2) is 59.3 Å². The molecule has 4 aliphatic rings. The number of amides is 2. The highest BCUT2D eigenvalue weighted by Gasteiger charge is 2.66. The summed E-state index contributed by atoms with van der Waals surface area (Å²) in [6.45, 7) is 7.25. The first-order chi connectivity index (χ1) is 19.2. The van der Waals surface area contributed by atoms with Gasteiger partial charge in [0.2, 0.25) is 0 Å². The summed E-state index contributed by atoms with van der Waals surface area (Å²) in [4.78, 5) is 18.0. The minimum atomic E-state index is -0.514. The van der Waals surface area contributed by atoms with Gasteiger partial charge < -0.3 is 15.3 Å². The highest BCUT2D eigenvalue weighted by atomic mass is 35.5. The number of aliphatic hydroxyl groups excluding tert-OH is 1. The molecule has 6 atom stereocenters. The van der Waals surface area contributed by atoms with Gasteiger partial charge in [-0.1, -0.05) is 37.6 Å². The van der Waals surface area contributed by atoms with Crippen LogP contribution < -0.4 is 5.32 Å². The monoisotopic (exact) mass is 564 g/mol. The van der Waals surface area contributed by atoms with Crippen LogP contribution in [0.3, 0.4) is 0 Å². The van der Waals surface area contributed by atoms with E-state index in [1.165, 1.54) is 23.8 Å². The van der Waals surface area contributed by atoms with Crippen molar-refractivity contribution in [2.75, 3.05) is 31.6 Å². The molecule has 3 saturated carbocycles. The first-order valence-corrected chi connectivity index (χ1v) is 14.9. The fourth-order valence-electron chi connectivity index (χ4n) is 8.21. The van der Waals surface area contributed by atoms with Crippen molar-refractivity contribution in [1.29, 1.82) is 5.26 Å². The van der Waals surface area contributed by atoms with Gasteiger partial charge in [-0.05, 0) is 96.6 Å². The average Bonchev–Trinajstić information content (AvgIpc) is 3.74. The Kier molecular flexibility index (Phi) is 7.09. The van der Waals surface area contributed by atoms with Crippen LogP contribution in [0.4, 0.5) is 14.9 Å². The van der Waals surface area contributed by atoms with E-state index in [1.807, 2.05) is 23.1 Å². The quantitative estimate of drug-likeness (QED) is 0.410. The minimum Gasteiger partial charge on any atom is -0.395 e. The molecule has 0 bridgehead atoms. The number of hydrogen-bond acceptors (Lipinski definition) is 4. The highest BCUT2D eigenvalue weighted by Crippen LogP contribution is 2.65. The first-order valence-electron chi connectivity index (χ1n) is 14.6. The van der Waals surface area contributed by atoms with Crippen LogP contribution >= 0.6 is 11.6 Å². The molecule has 6 rings (SSSR count). The Bertz CT molecular complexity index is 1340. The van der Waals surface area contributed by atoms with Crippen LogP contribution in [0.5, 0.6) is 0 Å². The largest absolute Gasteiger partial charge is 0.395 e. The summed E-state index contributed by atoms with van der Waals surface area (Å²) in [6, 6.07) is 14.6. The SMILES string of the molecule is CC1(C)[C@@H]2[C@@H](CO)N(CCCN(C(=O)Nc3ccc(F)c(Cl)c3)[C@@H]3CC[C@]4(c5cccc(C#N)c5)CC4C3)C[C@@H]21. The molecule has 1 aliphatic heterocycles. The van der Waals surface area contributed by atoms with Crippen molar-refractivity contribution in [3.63, 3.8) is 0 Å². The van der Waals surface area contributed by atoms with Gasteiger partial charge in [0.25, 0.3) is 0 Å². The molecule has 1 heterocycles. The molecule has 2 N–H and O–H groups in total. The number of rotatable bonds is 8. The fraction of sp³-hybridized carbons (Fsp3) is 0.562. The van der Waals surface area contributed by atoms with E-state index in [4.69, 9.17) is 11.6 Å². The summed E-state index contributed by atoms with van der Waals surface area (Å²) in [5.41, 5.74) is 2.86. The predicted octanol–water partition coefficient (Wildman–Crippen LogP) is 6.03. The Morgan fingerprint density at radius 3 is 2.85 bits per heavy atom. The Balaban J connectivity index is 1.14. The lowest BCUT2D eigenvalue weighted by atomic mass is 9.80. The van der Waals surface area contributed by atoms with Crippen LogP contribution in [0, 0.1) is 40.3 Å². The zero-order valence-electron chi connectivity index (χ0n) is 23.2. The van der Waals surface area contributed by atoms with E-state index >= 15 is 0 Å². The normalized spacial score (nSPS) is 31.6. The van der Waals surface area contributed by atoms with E-state index in [1.54, 1.807) is 0 Å². The van der Waals surface area contributed by atoms with E-state index in [9.17, 15) is 19.6 Å². The van der Waals surface area contributed by atoms with Crippen LogP contribution in [0.15, 0.2) is 42.5 Å². The number of benzene rings is 2. The second-order valence-corrected chi connectivity index (χ2v) is 13.4. The molecular formula is C32H38ClFN4O2. The van der Waals surface area contributed by atoms with E-state index < -0.39 is 5.82 Å². The number of fused-ring (bicyclic) bond motifs is 2. The topological polar surface area (TPSA) is 79.6 Å². The Hall–Kier alpha value is -2.66. The number of carbonyl (C=O) groups excluding carboxylic acids is 1. The summed E-state index contributed by atoms with van der Waals surface area (Å²) >= 11 is 5.98. The molecule has 1 unspecified atom stereocenters. The lowest BCUT2D eigenvalue weighted by molar-refractivity contribution is 0.107. The molecule has 212 valence electrons. The van der Waals surface area contributed by atoms with Gasteiger partial charge in [-0.15, -0.1) is 0 Å². The lowest BCUT2D eigenvalue weighted by Gasteiger charge is -2.37. The van der Waals surface area contributed by atoms with E-state index in [0.29, 0.717) is 41.0 Å². The molecule has 3 aliphatic carbocycles. The molecule has 0 aromatic heterocycles. The third kappa shape index (κ3) is 4.78. The van der Waals surface area contributed by atoms with Crippen molar-refractivity contribution in [2.45, 2.75) is 63.5 Å². The molecule has 8 heteroatoms. The van der Waals surface area contributed by atoms with Gasteiger partial charge in [0.05, 0.1) is 23.3 Å². The van der Waals surface area contributed by atoms with Gasteiger partial charge in [0.15, 0.2) is 0 Å². The van der Waals surface area contributed by atoms with E-state index in [2.05, 4.69) is 36.2 Å². The predicted molar refractivity (Wildman–Crippen MR) is 154 cm³/mol. The van der Waals surface area contributed by atoms with Crippen molar-refractivity contribution >= 4 is 23.3 Å². The maximum atomic E-state index is 13.7. The number of anilines is 1. The molecule has 4 fully saturated rings. The van der Waals surface area contributed by atoms with Crippen molar-refractivity contribution in [3.8, 4) is 6.07 Å². The van der Waals surface area contributed by atoms with Gasteiger partial charge in [-0.3, -0.25) is 4.90 Å².